The Balaban J connectivity index is 2.58. The summed E-state index contributed by atoms with van der Waals surface area (Å²) >= 11 is 6.00. The van der Waals surface area contributed by atoms with Gasteiger partial charge >= 0.3 is 5.97 Å². The molecular formula is C13H18ClNO4. The van der Waals surface area contributed by atoms with E-state index in [2.05, 4.69) is 5.32 Å². The second-order valence-corrected chi connectivity index (χ2v) is 4.37. The van der Waals surface area contributed by atoms with Crippen LogP contribution in [0.15, 0.2) is 12.1 Å². The molecule has 5 nitrogen and oxygen atoms in total. The lowest BCUT2D eigenvalue weighted by molar-refractivity contribution is -0.137. The summed E-state index contributed by atoms with van der Waals surface area (Å²) in [6.07, 6.45) is 1.58. The lowest BCUT2D eigenvalue weighted by atomic mass is 10.2. The number of carbonyl (C=O) groups is 1. The third kappa shape index (κ3) is 4.87. The van der Waals surface area contributed by atoms with Gasteiger partial charge in [0.1, 0.15) is 11.5 Å². The van der Waals surface area contributed by atoms with E-state index in [0.29, 0.717) is 29.5 Å². The maximum atomic E-state index is 10.4. The first-order valence-corrected chi connectivity index (χ1v) is 6.33. The van der Waals surface area contributed by atoms with Crippen molar-refractivity contribution in [1.82, 2.24) is 0 Å². The summed E-state index contributed by atoms with van der Waals surface area (Å²) in [5.74, 6) is 0.422. The van der Waals surface area contributed by atoms with Gasteiger partial charge in [-0.25, -0.2) is 0 Å². The summed E-state index contributed by atoms with van der Waals surface area (Å²) in [6, 6.07) is 3.44. The SMILES string of the molecule is COc1cc(NCCCCC(=O)O)c(OC)cc1Cl. The zero-order valence-electron chi connectivity index (χ0n) is 11.0. The number of nitrogens with one attached hydrogen (secondary N) is 1. The number of benzene rings is 1. The molecule has 0 aliphatic carbocycles. The molecule has 0 saturated carbocycles. The molecule has 19 heavy (non-hydrogen) atoms. The molecule has 0 atom stereocenters. The average molecular weight is 288 g/mol. The highest BCUT2D eigenvalue weighted by atomic mass is 35.5. The first-order valence-electron chi connectivity index (χ1n) is 5.95. The van der Waals surface area contributed by atoms with E-state index in [9.17, 15) is 4.79 Å². The number of halogens is 1. The molecular weight excluding hydrogens is 270 g/mol. The van der Waals surface area contributed by atoms with E-state index >= 15 is 0 Å². The summed E-state index contributed by atoms with van der Waals surface area (Å²) in [7, 11) is 3.11. The highest BCUT2D eigenvalue weighted by molar-refractivity contribution is 6.32. The maximum Gasteiger partial charge on any atom is 0.303 e. The predicted octanol–water partition coefficient (Wildman–Crippen LogP) is 3.02. The van der Waals surface area contributed by atoms with Crippen molar-refractivity contribution in [3.8, 4) is 11.5 Å². The van der Waals surface area contributed by atoms with Gasteiger partial charge in [0, 0.05) is 25.1 Å². The van der Waals surface area contributed by atoms with Crippen molar-refractivity contribution in [2.45, 2.75) is 19.3 Å². The van der Waals surface area contributed by atoms with Crippen molar-refractivity contribution in [3.63, 3.8) is 0 Å². The number of carboxylic acid groups (broad SMARTS) is 1. The summed E-state index contributed by atoms with van der Waals surface area (Å²) in [4.78, 5) is 10.4. The molecule has 106 valence electrons. The van der Waals surface area contributed by atoms with Gasteiger partial charge in [0.25, 0.3) is 0 Å². The van der Waals surface area contributed by atoms with Gasteiger partial charge in [0.15, 0.2) is 0 Å². The highest BCUT2D eigenvalue weighted by Gasteiger charge is 2.09. The molecule has 0 amide bonds. The van der Waals surface area contributed by atoms with Crippen LogP contribution in [0.25, 0.3) is 0 Å². The van der Waals surface area contributed by atoms with Crippen LogP contribution >= 0.6 is 11.6 Å². The summed E-state index contributed by atoms with van der Waals surface area (Å²) < 4.78 is 10.4. The molecule has 0 saturated heterocycles. The number of methoxy groups -OCH3 is 2. The number of ether oxygens (including phenoxy) is 2. The first-order chi connectivity index (χ1) is 9.08. The minimum atomic E-state index is -0.772. The number of hydrogen-bond acceptors (Lipinski definition) is 4. The smallest absolute Gasteiger partial charge is 0.303 e. The lowest BCUT2D eigenvalue weighted by Crippen LogP contribution is -2.05. The van der Waals surface area contributed by atoms with Gasteiger partial charge in [-0.2, -0.15) is 0 Å². The molecule has 0 aliphatic heterocycles. The van der Waals surface area contributed by atoms with Crippen LogP contribution in [0, 0.1) is 0 Å². The fourth-order valence-electron chi connectivity index (χ4n) is 1.62. The van der Waals surface area contributed by atoms with Gasteiger partial charge in [-0.1, -0.05) is 11.6 Å². The topological polar surface area (TPSA) is 67.8 Å². The molecule has 0 bridgehead atoms. The third-order valence-electron chi connectivity index (χ3n) is 2.61. The minimum Gasteiger partial charge on any atom is -0.495 e. The second kappa shape index (κ2) is 7.74. The van der Waals surface area contributed by atoms with Crippen LogP contribution in [0.2, 0.25) is 5.02 Å². The van der Waals surface area contributed by atoms with Crippen molar-refractivity contribution < 1.29 is 19.4 Å². The summed E-state index contributed by atoms with van der Waals surface area (Å²) in [6.45, 7) is 0.661. The molecule has 2 N–H and O–H groups in total. The lowest BCUT2D eigenvalue weighted by Gasteiger charge is -2.13. The Morgan fingerprint density at radius 3 is 2.53 bits per heavy atom. The fraction of sp³-hybridized carbons (Fsp3) is 0.462. The standard InChI is InChI=1S/C13H18ClNO4/c1-18-11-8-10(12(19-2)7-9(11)14)15-6-4-3-5-13(16)17/h7-8,15H,3-6H2,1-2H3,(H,16,17). The zero-order valence-corrected chi connectivity index (χ0v) is 11.8. The van der Waals surface area contributed by atoms with Gasteiger partial charge in [-0.05, 0) is 12.8 Å². The van der Waals surface area contributed by atoms with E-state index in [4.69, 9.17) is 26.2 Å². The second-order valence-electron chi connectivity index (χ2n) is 3.96. The van der Waals surface area contributed by atoms with E-state index in [1.807, 2.05) is 0 Å². The maximum absolute atomic E-state index is 10.4. The van der Waals surface area contributed by atoms with Crippen LogP contribution in [0.1, 0.15) is 19.3 Å². The Morgan fingerprint density at radius 2 is 1.95 bits per heavy atom. The summed E-state index contributed by atoms with van der Waals surface area (Å²) in [5.41, 5.74) is 0.777. The van der Waals surface area contributed by atoms with Crippen LogP contribution in [-0.2, 0) is 4.79 Å². The zero-order chi connectivity index (χ0) is 14.3. The number of rotatable bonds is 8. The van der Waals surface area contributed by atoms with Crippen LogP contribution in [0.4, 0.5) is 5.69 Å². The molecule has 6 heteroatoms. The highest BCUT2D eigenvalue weighted by Crippen LogP contribution is 2.35. The van der Waals surface area contributed by atoms with E-state index in [1.54, 1.807) is 26.4 Å². The van der Waals surface area contributed by atoms with E-state index in [1.165, 1.54) is 0 Å². The Hall–Kier alpha value is -1.62. The van der Waals surface area contributed by atoms with Crippen molar-refractivity contribution in [1.29, 1.82) is 0 Å². The Bertz CT molecular complexity index is 437. The Morgan fingerprint density at radius 1 is 1.26 bits per heavy atom. The number of carboxylic acids is 1. The molecule has 0 unspecified atom stereocenters. The molecule has 0 radical (unpaired) electrons. The normalized spacial score (nSPS) is 10.1. The number of aliphatic carboxylic acids is 1. The number of unbranched alkanes of at least 4 members (excludes halogenated alkanes) is 1. The molecule has 0 aromatic heterocycles. The van der Waals surface area contributed by atoms with Crippen LogP contribution in [0.5, 0.6) is 11.5 Å². The number of anilines is 1. The van der Waals surface area contributed by atoms with Gasteiger partial charge in [0.05, 0.1) is 24.9 Å². The first kappa shape index (κ1) is 15.4. The fourth-order valence-corrected chi connectivity index (χ4v) is 1.85. The average Bonchev–Trinajstić information content (AvgIpc) is 2.38. The third-order valence-corrected chi connectivity index (χ3v) is 2.90. The van der Waals surface area contributed by atoms with Crippen LogP contribution in [-0.4, -0.2) is 31.8 Å². The Kier molecular flexibility index (Phi) is 6.29. The van der Waals surface area contributed by atoms with Crippen molar-refractivity contribution >= 4 is 23.3 Å². The van der Waals surface area contributed by atoms with Gasteiger partial charge in [0.2, 0.25) is 0 Å². The molecule has 0 heterocycles. The number of hydrogen-bond donors (Lipinski definition) is 2. The van der Waals surface area contributed by atoms with E-state index < -0.39 is 5.97 Å². The minimum absolute atomic E-state index is 0.183. The molecule has 1 aromatic carbocycles. The van der Waals surface area contributed by atoms with Gasteiger partial charge in [-0.3, -0.25) is 4.79 Å². The van der Waals surface area contributed by atoms with Crippen molar-refractivity contribution in [3.05, 3.63) is 17.2 Å². The van der Waals surface area contributed by atoms with E-state index in [0.717, 1.165) is 12.1 Å². The summed E-state index contributed by atoms with van der Waals surface area (Å²) in [5, 5.41) is 12.2. The predicted molar refractivity (Wildman–Crippen MR) is 74.5 cm³/mol. The largest absolute Gasteiger partial charge is 0.495 e. The van der Waals surface area contributed by atoms with E-state index in [-0.39, 0.29) is 6.42 Å². The monoisotopic (exact) mass is 287 g/mol. The quantitative estimate of drug-likeness (QED) is 0.719. The molecule has 0 fully saturated rings. The molecule has 0 spiro atoms. The molecule has 0 aliphatic rings. The van der Waals surface area contributed by atoms with Gasteiger partial charge < -0.3 is 19.9 Å². The molecule has 1 aromatic rings. The molecule has 1 rings (SSSR count). The Labute approximate surface area is 117 Å². The van der Waals surface area contributed by atoms with Crippen molar-refractivity contribution in [2.75, 3.05) is 26.1 Å². The van der Waals surface area contributed by atoms with Gasteiger partial charge in [-0.15, -0.1) is 0 Å². The van der Waals surface area contributed by atoms with Crippen molar-refractivity contribution in [2.24, 2.45) is 0 Å². The van der Waals surface area contributed by atoms with Crippen LogP contribution in [0.3, 0.4) is 0 Å². The van der Waals surface area contributed by atoms with Crippen LogP contribution < -0.4 is 14.8 Å².